The zero-order chi connectivity index (χ0) is 30.9. The lowest BCUT2D eigenvalue weighted by molar-refractivity contribution is -0.143. The number of aryl methyl sites for hydroxylation is 1. The van der Waals surface area contributed by atoms with Crippen LogP contribution in [0.15, 0.2) is 85.1 Å². The molecule has 0 aliphatic rings. The minimum absolute atomic E-state index is 0.0448. The van der Waals surface area contributed by atoms with Crippen LogP contribution in [0.25, 0.3) is 11.1 Å². The van der Waals surface area contributed by atoms with Gasteiger partial charge in [0.05, 0.1) is 28.4 Å². The van der Waals surface area contributed by atoms with Crippen LogP contribution in [0.5, 0.6) is 0 Å². The molecule has 0 aliphatic carbocycles. The van der Waals surface area contributed by atoms with Crippen molar-refractivity contribution in [1.29, 1.82) is 0 Å². The van der Waals surface area contributed by atoms with Gasteiger partial charge in [0.15, 0.2) is 0 Å². The molecule has 0 atom stereocenters. The zero-order valence-corrected chi connectivity index (χ0v) is 23.2. The topological polar surface area (TPSA) is 33.2 Å². The molecule has 4 rings (SSSR count). The first-order valence-corrected chi connectivity index (χ1v) is 12.8. The molecule has 0 saturated heterocycles. The van der Waals surface area contributed by atoms with Gasteiger partial charge in [-0.1, -0.05) is 48.4 Å². The van der Waals surface area contributed by atoms with Gasteiger partial charge in [0.1, 0.15) is 5.69 Å². The van der Waals surface area contributed by atoms with Crippen molar-refractivity contribution in [1.82, 2.24) is 4.98 Å². The van der Waals surface area contributed by atoms with Crippen LogP contribution in [0.1, 0.15) is 47.4 Å². The van der Waals surface area contributed by atoms with Gasteiger partial charge in [-0.15, -0.1) is 0 Å². The molecule has 1 aromatic heterocycles. The minimum Gasteiger partial charge on any atom is -0.313 e. The van der Waals surface area contributed by atoms with E-state index in [1.807, 2.05) is 61.5 Å². The van der Waals surface area contributed by atoms with Gasteiger partial charge in [0.25, 0.3) is 0 Å². The monoisotopic (exact) mass is 580 g/mol. The second-order valence-corrected chi connectivity index (χ2v) is 10.3. The number of pyridine rings is 1. The van der Waals surface area contributed by atoms with Crippen LogP contribution in [0.4, 0.5) is 32.0 Å². The van der Waals surface area contributed by atoms with E-state index in [9.17, 15) is 31.1 Å². The lowest BCUT2D eigenvalue weighted by atomic mass is 9.81. The lowest BCUT2D eigenvalue weighted by Gasteiger charge is -2.32. The molecule has 0 fully saturated rings. The Morgan fingerprint density at radius 1 is 0.738 bits per heavy atom. The fraction of sp³-hybridized carbons (Fsp3) is 0.212. The first-order chi connectivity index (χ1) is 19.6. The van der Waals surface area contributed by atoms with Crippen molar-refractivity contribution < 1.29 is 31.1 Å². The number of carbonyl (C=O) groups excluding carboxylic acids is 1. The highest BCUT2D eigenvalue weighted by Gasteiger charge is 2.41. The van der Waals surface area contributed by atoms with Gasteiger partial charge in [-0.2, -0.15) is 26.3 Å². The van der Waals surface area contributed by atoms with Gasteiger partial charge in [0, 0.05) is 18.2 Å². The molecule has 1 heterocycles. The maximum atomic E-state index is 13.9. The molecule has 4 aromatic rings. The summed E-state index contributed by atoms with van der Waals surface area (Å²) >= 11 is 0. The van der Waals surface area contributed by atoms with Crippen LogP contribution in [-0.2, 0) is 22.6 Å². The van der Waals surface area contributed by atoms with Crippen LogP contribution in [-0.4, -0.2) is 17.9 Å². The van der Waals surface area contributed by atoms with Gasteiger partial charge in [-0.3, -0.25) is 4.79 Å². The molecule has 3 aromatic carbocycles. The van der Waals surface area contributed by atoms with E-state index in [2.05, 4.69) is 16.8 Å². The fourth-order valence-corrected chi connectivity index (χ4v) is 4.50. The Labute approximate surface area is 239 Å². The Bertz CT molecular complexity index is 1650. The number of carbonyl (C=O) groups is 1. The summed E-state index contributed by atoms with van der Waals surface area (Å²) in [4.78, 5) is 19.5. The molecule has 0 aliphatic heterocycles. The van der Waals surface area contributed by atoms with Crippen molar-refractivity contribution in [2.75, 3.05) is 11.9 Å². The molecule has 3 nitrogen and oxygen atoms in total. The predicted octanol–water partition coefficient (Wildman–Crippen LogP) is 8.44. The highest BCUT2D eigenvalue weighted by molar-refractivity contribution is 6.03. The summed E-state index contributed by atoms with van der Waals surface area (Å²) in [6.45, 7) is 4.46. The van der Waals surface area contributed by atoms with E-state index in [-0.39, 0.29) is 6.07 Å². The van der Waals surface area contributed by atoms with Crippen LogP contribution in [0.2, 0.25) is 0 Å². The Balaban J connectivity index is 1.81. The summed E-state index contributed by atoms with van der Waals surface area (Å²) < 4.78 is 81.3. The first kappa shape index (κ1) is 30.4. The van der Waals surface area contributed by atoms with Gasteiger partial charge < -0.3 is 4.90 Å². The quantitative estimate of drug-likeness (QED) is 0.179. The SMILES string of the molecule is Cc1ccccc1-c1cc(C#Cc2ccccc2)ncc1N(C)C(=O)C(C)(C)c1cc(C(F)(F)F)cc(C(F)(F)F)c1. The van der Waals surface area contributed by atoms with Gasteiger partial charge in [0.2, 0.25) is 5.91 Å². The molecular formula is C33H26F6N2O. The third-order valence-corrected chi connectivity index (χ3v) is 6.94. The van der Waals surface area contributed by atoms with E-state index >= 15 is 0 Å². The summed E-state index contributed by atoms with van der Waals surface area (Å²) in [7, 11) is 1.41. The Morgan fingerprint density at radius 3 is 1.86 bits per heavy atom. The second kappa shape index (κ2) is 11.4. The number of rotatable bonds is 4. The average Bonchev–Trinajstić information content (AvgIpc) is 2.95. The van der Waals surface area contributed by atoms with E-state index in [0.717, 1.165) is 16.7 Å². The Morgan fingerprint density at radius 2 is 1.29 bits per heavy atom. The highest BCUT2D eigenvalue weighted by atomic mass is 19.4. The number of halogens is 6. The second-order valence-electron chi connectivity index (χ2n) is 10.3. The van der Waals surface area contributed by atoms with E-state index in [0.29, 0.717) is 29.1 Å². The molecule has 42 heavy (non-hydrogen) atoms. The molecule has 216 valence electrons. The molecule has 1 amide bonds. The van der Waals surface area contributed by atoms with E-state index in [1.54, 1.807) is 6.07 Å². The first-order valence-electron chi connectivity index (χ1n) is 12.8. The van der Waals surface area contributed by atoms with Crippen LogP contribution < -0.4 is 4.90 Å². The summed E-state index contributed by atoms with van der Waals surface area (Å²) in [5.74, 6) is 5.31. The Hall–Kier alpha value is -4.58. The van der Waals surface area contributed by atoms with Crippen LogP contribution in [0, 0.1) is 18.8 Å². The summed E-state index contributed by atoms with van der Waals surface area (Å²) in [6, 6.07) is 19.6. The largest absolute Gasteiger partial charge is 0.416 e. The number of benzene rings is 3. The zero-order valence-electron chi connectivity index (χ0n) is 23.2. The number of amides is 1. The number of hydrogen-bond acceptors (Lipinski definition) is 2. The lowest BCUT2D eigenvalue weighted by Crippen LogP contribution is -2.42. The van der Waals surface area contributed by atoms with E-state index < -0.39 is 40.4 Å². The van der Waals surface area contributed by atoms with Crippen molar-refractivity contribution in [2.24, 2.45) is 0 Å². The summed E-state index contributed by atoms with van der Waals surface area (Å²) in [6.07, 6.45) is -8.66. The standard InChI is InChI=1S/C33H26F6N2O/c1-21-10-8-9-13-27(21)28-19-26(15-14-22-11-6-5-7-12-22)40-20-29(28)41(4)30(42)31(2,3)23-16-24(32(34,35)36)18-25(17-23)33(37,38)39/h5-13,16-20H,1-4H3. The predicted molar refractivity (Wildman–Crippen MR) is 150 cm³/mol. The van der Waals surface area contributed by atoms with Crippen molar-refractivity contribution in [3.8, 4) is 23.0 Å². The van der Waals surface area contributed by atoms with Crippen molar-refractivity contribution in [3.05, 3.63) is 119 Å². The number of hydrogen-bond donors (Lipinski definition) is 0. The van der Waals surface area contributed by atoms with Crippen molar-refractivity contribution in [2.45, 2.75) is 38.5 Å². The number of alkyl halides is 6. The van der Waals surface area contributed by atoms with Gasteiger partial charge >= 0.3 is 12.4 Å². The number of anilines is 1. The number of likely N-dealkylation sites (N-methyl/N-ethyl adjacent to an activating group) is 1. The molecule has 0 radical (unpaired) electrons. The van der Waals surface area contributed by atoms with Crippen molar-refractivity contribution in [3.63, 3.8) is 0 Å². The van der Waals surface area contributed by atoms with Crippen molar-refractivity contribution >= 4 is 11.6 Å². The molecule has 0 N–H and O–H groups in total. The number of aromatic nitrogens is 1. The third kappa shape index (κ3) is 6.49. The minimum atomic E-state index is -5.04. The van der Waals surface area contributed by atoms with Gasteiger partial charge in [-0.05, 0) is 79.8 Å². The van der Waals surface area contributed by atoms with E-state index in [1.165, 1.54) is 32.0 Å². The number of nitrogens with zero attached hydrogens (tertiary/aromatic N) is 2. The molecule has 0 bridgehead atoms. The van der Waals surface area contributed by atoms with Gasteiger partial charge in [-0.25, -0.2) is 4.98 Å². The highest BCUT2D eigenvalue weighted by Crippen LogP contribution is 2.40. The molecule has 9 heteroatoms. The fourth-order valence-electron chi connectivity index (χ4n) is 4.50. The van der Waals surface area contributed by atoms with Crippen LogP contribution >= 0.6 is 0 Å². The molecule has 0 unspecified atom stereocenters. The maximum Gasteiger partial charge on any atom is 0.416 e. The molecule has 0 spiro atoms. The summed E-state index contributed by atoms with van der Waals surface area (Å²) in [5.41, 5.74) is -1.46. The summed E-state index contributed by atoms with van der Waals surface area (Å²) in [5, 5.41) is 0. The van der Waals surface area contributed by atoms with E-state index in [4.69, 9.17) is 0 Å². The normalized spacial score (nSPS) is 12.0. The maximum absolute atomic E-state index is 13.9. The molecular weight excluding hydrogens is 554 g/mol. The molecule has 0 saturated carbocycles. The third-order valence-electron chi connectivity index (χ3n) is 6.94. The average molecular weight is 581 g/mol. The van der Waals surface area contributed by atoms with Crippen LogP contribution in [0.3, 0.4) is 0 Å². The smallest absolute Gasteiger partial charge is 0.313 e. The Kier molecular flexibility index (Phi) is 8.22.